The van der Waals surface area contributed by atoms with Crippen LogP contribution in [0.2, 0.25) is 0 Å². The maximum Gasteiger partial charge on any atom is 0.407 e. The van der Waals surface area contributed by atoms with Gasteiger partial charge in [0.1, 0.15) is 0 Å². The van der Waals surface area contributed by atoms with Crippen molar-refractivity contribution in [2.45, 2.75) is 32.1 Å². The summed E-state index contributed by atoms with van der Waals surface area (Å²) in [6.07, 6.45) is 8.55. The van der Waals surface area contributed by atoms with Crippen LogP contribution in [-0.4, -0.2) is 29.2 Å². The lowest BCUT2D eigenvalue weighted by Gasteiger charge is -2.06. The zero-order chi connectivity index (χ0) is 11.9. The molecule has 0 radical (unpaired) electrons. The third-order valence-corrected chi connectivity index (χ3v) is 2.90. The zero-order valence-corrected chi connectivity index (χ0v) is 9.95. The summed E-state index contributed by atoms with van der Waals surface area (Å²) in [7, 11) is 0. The number of hydrogen-bond acceptors (Lipinski definition) is 3. The second-order valence-electron chi connectivity index (χ2n) is 4.48. The van der Waals surface area contributed by atoms with Crippen LogP contribution in [0.5, 0.6) is 0 Å². The van der Waals surface area contributed by atoms with Crippen molar-refractivity contribution >= 4 is 6.09 Å². The molecule has 0 spiro atoms. The van der Waals surface area contributed by atoms with E-state index in [-0.39, 0.29) is 6.09 Å². The Morgan fingerprint density at radius 3 is 3.18 bits per heavy atom. The van der Waals surface area contributed by atoms with E-state index < -0.39 is 0 Å². The summed E-state index contributed by atoms with van der Waals surface area (Å²) >= 11 is 0. The molecule has 0 aromatic carbocycles. The second kappa shape index (κ2) is 6.27. The Morgan fingerprint density at radius 1 is 1.59 bits per heavy atom. The van der Waals surface area contributed by atoms with Crippen molar-refractivity contribution in [3.63, 3.8) is 0 Å². The molecule has 5 heteroatoms. The van der Waals surface area contributed by atoms with Gasteiger partial charge in [-0.15, -0.1) is 0 Å². The third-order valence-electron chi connectivity index (χ3n) is 2.90. The zero-order valence-electron chi connectivity index (χ0n) is 9.95. The topological polar surface area (TPSA) is 67.0 Å². The van der Waals surface area contributed by atoms with Crippen LogP contribution in [0, 0.1) is 5.92 Å². The molecule has 17 heavy (non-hydrogen) atoms. The molecule has 94 valence electrons. The molecule has 0 aliphatic heterocycles. The van der Waals surface area contributed by atoms with Gasteiger partial charge in [0.25, 0.3) is 0 Å². The summed E-state index contributed by atoms with van der Waals surface area (Å²) < 4.78 is 5.06. The van der Waals surface area contributed by atoms with Crippen molar-refractivity contribution in [1.82, 2.24) is 15.3 Å². The fraction of sp³-hybridized carbons (Fsp3) is 0.667. The number of imidazole rings is 1. The summed E-state index contributed by atoms with van der Waals surface area (Å²) in [5.41, 5.74) is 1.07. The van der Waals surface area contributed by atoms with Gasteiger partial charge in [0.15, 0.2) is 0 Å². The van der Waals surface area contributed by atoms with E-state index in [1.54, 1.807) is 12.5 Å². The smallest absolute Gasteiger partial charge is 0.407 e. The number of H-pyrrole nitrogens is 1. The quantitative estimate of drug-likeness (QED) is 0.711. The number of aromatic amines is 1. The number of aryl methyl sites for hydroxylation is 1. The van der Waals surface area contributed by atoms with Gasteiger partial charge in [-0.25, -0.2) is 9.78 Å². The number of carbonyl (C=O) groups is 1. The Labute approximate surface area is 101 Å². The summed E-state index contributed by atoms with van der Waals surface area (Å²) in [6, 6.07) is 0. The van der Waals surface area contributed by atoms with Crippen LogP contribution in [0.4, 0.5) is 4.79 Å². The van der Waals surface area contributed by atoms with Gasteiger partial charge in [0.2, 0.25) is 0 Å². The van der Waals surface area contributed by atoms with Crippen molar-refractivity contribution < 1.29 is 9.53 Å². The van der Waals surface area contributed by atoms with Crippen LogP contribution in [-0.2, 0) is 11.2 Å². The van der Waals surface area contributed by atoms with Crippen LogP contribution in [0.3, 0.4) is 0 Å². The van der Waals surface area contributed by atoms with Crippen LogP contribution >= 0.6 is 0 Å². The molecular weight excluding hydrogens is 218 g/mol. The molecule has 2 N–H and O–H groups in total. The molecule has 1 aliphatic rings. The molecule has 1 amide bonds. The first-order valence-corrected chi connectivity index (χ1v) is 6.22. The molecule has 1 saturated carbocycles. The highest BCUT2D eigenvalue weighted by Crippen LogP contribution is 2.31. The first-order chi connectivity index (χ1) is 8.34. The van der Waals surface area contributed by atoms with Gasteiger partial charge in [-0.2, -0.15) is 0 Å². The fourth-order valence-corrected chi connectivity index (χ4v) is 1.68. The van der Waals surface area contributed by atoms with Gasteiger partial charge in [-0.05, 0) is 25.2 Å². The first kappa shape index (κ1) is 12.0. The van der Waals surface area contributed by atoms with Gasteiger partial charge < -0.3 is 15.0 Å². The molecule has 5 nitrogen and oxygen atoms in total. The largest absolute Gasteiger partial charge is 0.450 e. The van der Waals surface area contributed by atoms with Crippen LogP contribution in [0.15, 0.2) is 12.5 Å². The molecule has 1 fully saturated rings. The van der Waals surface area contributed by atoms with E-state index in [1.165, 1.54) is 12.8 Å². The van der Waals surface area contributed by atoms with E-state index in [1.807, 2.05) is 0 Å². The number of aromatic nitrogens is 2. The third kappa shape index (κ3) is 4.89. The number of hydrogen-bond donors (Lipinski definition) is 2. The number of rotatable bonds is 7. The minimum absolute atomic E-state index is 0.296. The van der Waals surface area contributed by atoms with E-state index in [0.717, 1.165) is 37.4 Å². The van der Waals surface area contributed by atoms with E-state index in [2.05, 4.69) is 15.3 Å². The summed E-state index contributed by atoms with van der Waals surface area (Å²) in [6.45, 7) is 1.19. The van der Waals surface area contributed by atoms with Crippen LogP contribution < -0.4 is 5.32 Å². The Balaban J connectivity index is 1.45. The number of carbonyl (C=O) groups excluding carboxylic acids is 1. The van der Waals surface area contributed by atoms with Crippen molar-refractivity contribution in [2.24, 2.45) is 5.92 Å². The number of amides is 1. The average molecular weight is 237 g/mol. The van der Waals surface area contributed by atoms with E-state index in [4.69, 9.17) is 4.74 Å². The monoisotopic (exact) mass is 237 g/mol. The van der Waals surface area contributed by atoms with Gasteiger partial charge in [0, 0.05) is 18.4 Å². The molecule has 1 aromatic rings. The normalized spacial score (nSPS) is 14.6. The average Bonchev–Trinajstić information content (AvgIpc) is 3.00. The Bertz CT molecular complexity index is 334. The highest BCUT2D eigenvalue weighted by Gasteiger charge is 2.20. The van der Waals surface area contributed by atoms with E-state index in [0.29, 0.717) is 6.61 Å². The summed E-state index contributed by atoms with van der Waals surface area (Å²) in [4.78, 5) is 18.2. The number of nitrogens with one attached hydrogen (secondary N) is 2. The molecule has 1 aliphatic carbocycles. The molecule has 2 rings (SSSR count). The lowest BCUT2D eigenvalue weighted by molar-refractivity contribution is 0.144. The first-order valence-electron chi connectivity index (χ1n) is 6.22. The van der Waals surface area contributed by atoms with Crippen molar-refractivity contribution in [3.8, 4) is 0 Å². The fourth-order valence-electron chi connectivity index (χ4n) is 1.68. The predicted octanol–water partition coefficient (Wildman–Crippen LogP) is 1.87. The Morgan fingerprint density at radius 2 is 2.47 bits per heavy atom. The predicted molar refractivity (Wildman–Crippen MR) is 63.6 cm³/mol. The molecular formula is C12H19N3O2. The van der Waals surface area contributed by atoms with E-state index >= 15 is 0 Å². The molecule has 0 bridgehead atoms. The van der Waals surface area contributed by atoms with Crippen LogP contribution in [0.1, 0.15) is 31.4 Å². The number of alkyl carbamates (subject to hydrolysis) is 1. The van der Waals surface area contributed by atoms with Crippen molar-refractivity contribution in [3.05, 3.63) is 18.2 Å². The van der Waals surface area contributed by atoms with Crippen LogP contribution in [0.25, 0.3) is 0 Å². The number of nitrogens with zero attached hydrogens (tertiary/aromatic N) is 1. The Hall–Kier alpha value is -1.52. The molecule has 1 heterocycles. The van der Waals surface area contributed by atoms with Crippen molar-refractivity contribution in [1.29, 1.82) is 0 Å². The minimum atomic E-state index is -0.296. The van der Waals surface area contributed by atoms with Crippen molar-refractivity contribution in [2.75, 3.05) is 13.2 Å². The number of ether oxygens (including phenoxy) is 1. The standard InChI is InChI=1S/C12H19N3O2/c16-12(14-6-5-10-3-4-10)17-7-1-2-11-8-13-9-15-11/h8-10H,1-7H2,(H,13,15)(H,14,16). The van der Waals surface area contributed by atoms with Gasteiger partial charge >= 0.3 is 6.09 Å². The molecule has 0 saturated heterocycles. The molecule has 0 unspecified atom stereocenters. The SMILES string of the molecule is O=C(NCCC1CC1)OCCCc1cnc[nH]1. The summed E-state index contributed by atoms with van der Waals surface area (Å²) in [5.74, 6) is 0.843. The molecule has 0 atom stereocenters. The van der Waals surface area contributed by atoms with Gasteiger partial charge in [0.05, 0.1) is 12.9 Å². The minimum Gasteiger partial charge on any atom is -0.450 e. The lowest BCUT2D eigenvalue weighted by atomic mass is 10.3. The lowest BCUT2D eigenvalue weighted by Crippen LogP contribution is -2.26. The maximum absolute atomic E-state index is 11.3. The Kier molecular flexibility index (Phi) is 4.41. The van der Waals surface area contributed by atoms with Gasteiger partial charge in [-0.1, -0.05) is 12.8 Å². The highest BCUT2D eigenvalue weighted by atomic mass is 16.5. The highest BCUT2D eigenvalue weighted by molar-refractivity contribution is 5.66. The second-order valence-corrected chi connectivity index (χ2v) is 4.48. The van der Waals surface area contributed by atoms with E-state index in [9.17, 15) is 4.79 Å². The summed E-state index contributed by atoms with van der Waals surface area (Å²) in [5, 5.41) is 2.77. The maximum atomic E-state index is 11.3. The van der Waals surface area contributed by atoms with Gasteiger partial charge in [-0.3, -0.25) is 0 Å². The molecule has 1 aromatic heterocycles.